The second-order valence-corrected chi connectivity index (χ2v) is 8.36. The van der Waals surface area contributed by atoms with E-state index in [1.54, 1.807) is 0 Å². The second-order valence-electron chi connectivity index (χ2n) is 6.92. The first-order valence-electron chi connectivity index (χ1n) is 8.78. The summed E-state index contributed by atoms with van der Waals surface area (Å²) in [7, 11) is 0. The summed E-state index contributed by atoms with van der Waals surface area (Å²) < 4.78 is 0. The molecule has 0 bridgehead atoms. The molecule has 1 saturated carbocycles. The Hall–Kier alpha value is -1.98. The number of aromatic nitrogens is 2. The highest BCUT2D eigenvalue weighted by Crippen LogP contribution is 2.40. The molecule has 26 heavy (non-hydrogen) atoms. The monoisotopic (exact) mass is 385 g/mol. The maximum Gasteiger partial charge on any atom is 0.262 e. The van der Waals surface area contributed by atoms with Crippen molar-refractivity contribution in [3.05, 3.63) is 56.8 Å². The number of rotatable bonds is 4. The average molecular weight is 386 g/mol. The minimum Gasteiger partial charge on any atom is -0.345 e. The van der Waals surface area contributed by atoms with E-state index in [4.69, 9.17) is 16.6 Å². The molecule has 1 atom stereocenters. The van der Waals surface area contributed by atoms with Crippen molar-refractivity contribution in [1.29, 1.82) is 0 Å². The predicted octanol–water partition coefficient (Wildman–Crippen LogP) is 5.33. The molecule has 1 aliphatic rings. The summed E-state index contributed by atoms with van der Waals surface area (Å²) in [5.74, 6) is 1.36. The predicted molar refractivity (Wildman–Crippen MR) is 106 cm³/mol. The summed E-state index contributed by atoms with van der Waals surface area (Å²) >= 11 is 7.40. The van der Waals surface area contributed by atoms with Crippen LogP contribution < -0.4 is 5.32 Å². The summed E-state index contributed by atoms with van der Waals surface area (Å²) in [5.41, 5.74) is 2.95. The summed E-state index contributed by atoms with van der Waals surface area (Å²) in [6.07, 6.45) is 2.34. The average Bonchev–Trinajstić information content (AvgIpc) is 3.39. The third-order valence-electron chi connectivity index (χ3n) is 4.85. The molecule has 3 aromatic rings. The van der Waals surface area contributed by atoms with Gasteiger partial charge < -0.3 is 5.32 Å². The number of hydrogen-bond acceptors (Lipinski definition) is 4. The molecule has 2 aromatic heterocycles. The minimum atomic E-state index is -0.0985. The summed E-state index contributed by atoms with van der Waals surface area (Å²) in [6, 6.07) is 7.44. The number of fused-ring (bicyclic) bond motifs is 1. The SMILES string of the molecule is Cc1nc(C2CC2)nc2sc(C(=O)NC(C)c3ccc(Cl)cc3)c(C)c12. The van der Waals surface area contributed by atoms with Crippen LogP contribution in [0, 0.1) is 13.8 Å². The first kappa shape index (κ1) is 17.4. The number of halogens is 1. The lowest BCUT2D eigenvalue weighted by molar-refractivity contribution is 0.0943. The number of benzene rings is 1. The van der Waals surface area contributed by atoms with E-state index in [1.165, 1.54) is 24.2 Å². The lowest BCUT2D eigenvalue weighted by atomic mass is 10.1. The van der Waals surface area contributed by atoms with Crippen molar-refractivity contribution in [3.8, 4) is 0 Å². The molecule has 4 nitrogen and oxygen atoms in total. The van der Waals surface area contributed by atoms with Gasteiger partial charge in [0, 0.05) is 16.3 Å². The third kappa shape index (κ3) is 3.21. The Morgan fingerprint density at radius 2 is 1.92 bits per heavy atom. The normalized spacial score (nSPS) is 15.2. The second kappa shape index (κ2) is 6.63. The Balaban J connectivity index is 1.63. The number of nitrogens with one attached hydrogen (secondary N) is 1. The van der Waals surface area contributed by atoms with Crippen molar-refractivity contribution >= 4 is 39.1 Å². The fourth-order valence-electron chi connectivity index (χ4n) is 3.20. The quantitative estimate of drug-likeness (QED) is 0.660. The number of carbonyl (C=O) groups is 1. The van der Waals surface area contributed by atoms with E-state index in [-0.39, 0.29) is 11.9 Å². The summed E-state index contributed by atoms with van der Waals surface area (Å²) in [4.78, 5) is 23.9. The largest absolute Gasteiger partial charge is 0.345 e. The van der Waals surface area contributed by atoms with Gasteiger partial charge in [-0.2, -0.15) is 0 Å². The van der Waals surface area contributed by atoms with E-state index in [1.807, 2.05) is 45.0 Å². The van der Waals surface area contributed by atoms with Crippen LogP contribution in [0.5, 0.6) is 0 Å². The molecule has 6 heteroatoms. The van der Waals surface area contributed by atoms with Gasteiger partial charge in [0.2, 0.25) is 0 Å². The van der Waals surface area contributed by atoms with Crippen LogP contribution in [-0.4, -0.2) is 15.9 Å². The number of nitrogens with zero attached hydrogens (tertiary/aromatic N) is 2. The van der Waals surface area contributed by atoms with Gasteiger partial charge in [-0.15, -0.1) is 11.3 Å². The topological polar surface area (TPSA) is 54.9 Å². The zero-order chi connectivity index (χ0) is 18.4. The molecule has 1 amide bonds. The van der Waals surface area contributed by atoms with Crippen LogP contribution in [0.4, 0.5) is 0 Å². The zero-order valence-corrected chi connectivity index (χ0v) is 16.5. The minimum absolute atomic E-state index is 0.0691. The zero-order valence-electron chi connectivity index (χ0n) is 15.0. The molecule has 1 unspecified atom stereocenters. The molecule has 1 aromatic carbocycles. The molecule has 4 rings (SSSR count). The lowest BCUT2D eigenvalue weighted by Crippen LogP contribution is -2.26. The van der Waals surface area contributed by atoms with Crippen LogP contribution in [0.3, 0.4) is 0 Å². The Kier molecular flexibility index (Phi) is 4.45. The number of amides is 1. The highest BCUT2D eigenvalue weighted by molar-refractivity contribution is 7.20. The van der Waals surface area contributed by atoms with E-state index in [0.29, 0.717) is 15.8 Å². The first-order chi connectivity index (χ1) is 12.4. The first-order valence-corrected chi connectivity index (χ1v) is 9.97. The number of thiophene rings is 1. The molecular weight excluding hydrogens is 366 g/mol. The molecule has 1 aliphatic carbocycles. The van der Waals surface area contributed by atoms with Gasteiger partial charge in [-0.3, -0.25) is 4.79 Å². The van der Waals surface area contributed by atoms with Gasteiger partial charge in [-0.05, 0) is 56.9 Å². The molecule has 2 heterocycles. The molecular formula is C20H20ClN3OS. The Morgan fingerprint density at radius 1 is 1.23 bits per heavy atom. The lowest BCUT2D eigenvalue weighted by Gasteiger charge is -2.14. The van der Waals surface area contributed by atoms with Gasteiger partial charge in [0.25, 0.3) is 5.91 Å². The number of aryl methyl sites for hydroxylation is 2. The Labute approximate surface area is 161 Å². The fraction of sp³-hybridized carbons (Fsp3) is 0.350. The fourth-order valence-corrected chi connectivity index (χ4v) is 4.47. The third-order valence-corrected chi connectivity index (χ3v) is 6.29. The van der Waals surface area contributed by atoms with E-state index in [9.17, 15) is 4.79 Å². The number of hydrogen-bond donors (Lipinski definition) is 1. The van der Waals surface area contributed by atoms with Crippen LogP contribution in [0.15, 0.2) is 24.3 Å². The van der Waals surface area contributed by atoms with E-state index in [2.05, 4.69) is 10.3 Å². The van der Waals surface area contributed by atoms with Crippen LogP contribution in [0.25, 0.3) is 10.2 Å². The maximum atomic E-state index is 12.9. The summed E-state index contributed by atoms with van der Waals surface area (Å²) in [6.45, 7) is 5.96. The van der Waals surface area contributed by atoms with Gasteiger partial charge in [-0.25, -0.2) is 9.97 Å². The molecule has 0 saturated heterocycles. The van der Waals surface area contributed by atoms with Gasteiger partial charge in [0.1, 0.15) is 10.7 Å². The van der Waals surface area contributed by atoms with Gasteiger partial charge in [-0.1, -0.05) is 23.7 Å². The molecule has 1 N–H and O–H groups in total. The maximum absolute atomic E-state index is 12.9. The van der Waals surface area contributed by atoms with Crippen LogP contribution in [-0.2, 0) is 0 Å². The van der Waals surface area contributed by atoms with Crippen molar-refractivity contribution in [3.63, 3.8) is 0 Å². The Morgan fingerprint density at radius 3 is 2.58 bits per heavy atom. The molecule has 0 radical (unpaired) electrons. The van der Waals surface area contributed by atoms with E-state index in [0.717, 1.165) is 32.9 Å². The smallest absolute Gasteiger partial charge is 0.262 e. The van der Waals surface area contributed by atoms with E-state index < -0.39 is 0 Å². The van der Waals surface area contributed by atoms with Gasteiger partial charge in [0.05, 0.1) is 16.6 Å². The van der Waals surface area contributed by atoms with Crippen molar-refractivity contribution in [2.75, 3.05) is 0 Å². The standard InChI is InChI=1S/C20H20ClN3OS/c1-10-16-12(3)22-18(14-4-5-14)24-20(16)26-17(10)19(25)23-11(2)13-6-8-15(21)9-7-13/h6-9,11,14H,4-5H2,1-3H3,(H,23,25). The van der Waals surface area contributed by atoms with Crippen LogP contribution >= 0.6 is 22.9 Å². The van der Waals surface area contributed by atoms with Crippen molar-refractivity contribution < 1.29 is 4.79 Å². The number of carbonyl (C=O) groups excluding carboxylic acids is 1. The van der Waals surface area contributed by atoms with Crippen LogP contribution in [0.1, 0.15) is 64.0 Å². The van der Waals surface area contributed by atoms with Crippen molar-refractivity contribution in [2.45, 2.75) is 45.6 Å². The van der Waals surface area contributed by atoms with Crippen molar-refractivity contribution in [2.24, 2.45) is 0 Å². The molecule has 0 aliphatic heterocycles. The summed E-state index contributed by atoms with van der Waals surface area (Å²) in [5, 5.41) is 4.79. The van der Waals surface area contributed by atoms with E-state index >= 15 is 0 Å². The van der Waals surface area contributed by atoms with Crippen LogP contribution in [0.2, 0.25) is 5.02 Å². The van der Waals surface area contributed by atoms with Gasteiger partial charge in [0.15, 0.2) is 0 Å². The molecule has 134 valence electrons. The van der Waals surface area contributed by atoms with Crippen molar-refractivity contribution in [1.82, 2.24) is 15.3 Å². The Bertz CT molecular complexity index is 992. The molecule has 0 spiro atoms. The highest BCUT2D eigenvalue weighted by atomic mass is 35.5. The molecule has 1 fully saturated rings. The highest BCUT2D eigenvalue weighted by Gasteiger charge is 2.28. The van der Waals surface area contributed by atoms with Gasteiger partial charge >= 0.3 is 0 Å².